The van der Waals surface area contributed by atoms with Crippen molar-refractivity contribution in [1.29, 1.82) is 0 Å². The number of carboxylic acid groups (broad SMARTS) is 1. The maximum Gasteiger partial charge on any atom is 0.394 e. The summed E-state index contributed by atoms with van der Waals surface area (Å²) in [5, 5.41) is 10.6. The Morgan fingerprint density at radius 3 is 2.83 bits per heavy atom. The van der Waals surface area contributed by atoms with Gasteiger partial charge in [-0.2, -0.15) is 0 Å². The Bertz CT molecular complexity index is 470. The van der Waals surface area contributed by atoms with Crippen LogP contribution in [0.1, 0.15) is 17.5 Å². The summed E-state index contributed by atoms with van der Waals surface area (Å²) in [6.45, 7) is 0.444. The fourth-order valence-electron chi connectivity index (χ4n) is 2.05. The summed E-state index contributed by atoms with van der Waals surface area (Å²) >= 11 is 0. The van der Waals surface area contributed by atoms with Crippen molar-refractivity contribution in [3.05, 3.63) is 29.3 Å². The second-order valence-electron chi connectivity index (χ2n) is 4.19. The number of carbonyl (C=O) groups is 2. The summed E-state index contributed by atoms with van der Waals surface area (Å²) in [5.41, 5.74) is 2.70. The predicted molar refractivity (Wildman–Crippen MR) is 64.6 cm³/mol. The first-order chi connectivity index (χ1) is 8.66. The van der Waals surface area contributed by atoms with Gasteiger partial charge in [0.25, 0.3) is 0 Å². The van der Waals surface area contributed by atoms with Crippen LogP contribution in [0.3, 0.4) is 0 Å². The number of amides is 1. The molecule has 0 saturated heterocycles. The highest BCUT2D eigenvalue weighted by Crippen LogP contribution is 2.25. The average molecular weight is 249 g/mol. The van der Waals surface area contributed by atoms with Crippen LogP contribution in [0.25, 0.3) is 0 Å². The van der Waals surface area contributed by atoms with E-state index in [2.05, 4.69) is 11.4 Å². The summed E-state index contributed by atoms with van der Waals surface area (Å²) in [6, 6.07) is 5.98. The number of aryl methyl sites for hydroxylation is 2. The lowest BCUT2D eigenvalue weighted by Crippen LogP contribution is -2.33. The van der Waals surface area contributed by atoms with Gasteiger partial charge in [0, 0.05) is 0 Å². The summed E-state index contributed by atoms with van der Waals surface area (Å²) < 4.78 is 5.45. The zero-order valence-electron chi connectivity index (χ0n) is 9.94. The van der Waals surface area contributed by atoms with Crippen LogP contribution >= 0.6 is 0 Å². The topological polar surface area (TPSA) is 75.6 Å². The molecule has 1 aromatic rings. The largest absolute Gasteiger partial charge is 0.492 e. The number of aliphatic carboxylic acids is 1. The molecule has 5 nitrogen and oxygen atoms in total. The first-order valence-electron chi connectivity index (χ1n) is 5.92. The van der Waals surface area contributed by atoms with Crippen LogP contribution in [0.2, 0.25) is 0 Å². The molecule has 0 fully saturated rings. The van der Waals surface area contributed by atoms with Crippen molar-refractivity contribution in [2.24, 2.45) is 0 Å². The maximum absolute atomic E-state index is 10.7. The molecule has 0 spiro atoms. The number of carbonyl (C=O) groups excluding carboxylic acids is 1. The molecule has 18 heavy (non-hydrogen) atoms. The van der Waals surface area contributed by atoms with Crippen LogP contribution in [0, 0.1) is 0 Å². The van der Waals surface area contributed by atoms with Crippen molar-refractivity contribution in [2.45, 2.75) is 19.3 Å². The van der Waals surface area contributed by atoms with Crippen molar-refractivity contribution in [3.63, 3.8) is 0 Å². The highest BCUT2D eigenvalue weighted by Gasteiger charge is 2.12. The van der Waals surface area contributed by atoms with Gasteiger partial charge in [-0.05, 0) is 42.5 Å². The van der Waals surface area contributed by atoms with Gasteiger partial charge in [0.05, 0.1) is 6.54 Å². The molecular formula is C13H15NO4. The van der Waals surface area contributed by atoms with E-state index in [1.807, 2.05) is 12.1 Å². The second-order valence-corrected chi connectivity index (χ2v) is 4.19. The van der Waals surface area contributed by atoms with E-state index >= 15 is 0 Å². The number of ether oxygens (including phenoxy) is 1. The molecule has 0 atom stereocenters. The summed E-state index contributed by atoms with van der Waals surface area (Å²) in [6.07, 6.45) is 3.40. The Morgan fingerprint density at radius 2 is 2.06 bits per heavy atom. The quantitative estimate of drug-likeness (QED) is 0.610. The van der Waals surface area contributed by atoms with Gasteiger partial charge in [0.15, 0.2) is 0 Å². The first-order valence-corrected chi connectivity index (χ1v) is 5.92. The number of benzene rings is 1. The smallest absolute Gasteiger partial charge is 0.394 e. The molecule has 0 aromatic heterocycles. The summed E-state index contributed by atoms with van der Waals surface area (Å²) in [4.78, 5) is 21.0. The van der Waals surface area contributed by atoms with E-state index in [9.17, 15) is 9.59 Å². The molecular weight excluding hydrogens is 234 g/mol. The second kappa shape index (κ2) is 5.53. The molecule has 2 N–H and O–H groups in total. The third-order valence-electron chi connectivity index (χ3n) is 2.92. The summed E-state index contributed by atoms with van der Waals surface area (Å²) in [7, 11) is 0. The zero-order valence-corrected chi connectivity index (χ0v) is 9.94. The summed E-state index contributed by atoms with van der Waals surface area (Å²) in [5.74, 6) is -1.72. The molecule has 0 unspecified atom stereocenters. The normalized spacial score (nSPS) is 12.9. The van der Waals surface area contributed by atoms with E-state index in [0.29, 0.717) is 0 Å². The molecule has 2 rings (SSSR count). The Hall–Kier alpha value is -2.04. The van der Waals surface area contributed by atoms with Gasteiger partial charge in [-0.3, -0.25) is 4.79 Å². The monoisotopic (exact) mass is 249 g/mol. The highest BCUT2D eigenvalue weighted by molar-refractivity contribution is 6.31. The molecule has 0 aliphatic heterocycles. The van der Waals surface area contributed by atoms with E-state index in [4.69, 9.17) is 9.84 Å². The Labute approximate surface area is 105 Å². The Morgan fingerprint density at radius 1 is 1.28 bits per heavy atom. The third-order valence-corrected chi connectivity index (χ3v) is 2.92. The van der Waals surface area contributed by atoms with Crippen molar-refractivity contribution in [2.75, 3.05) is 13.2 Å². The van der Waals surface area contributed by atoms with Gasteiger partial charge in [0.2, 0.25) is 0 Å². The SMILES string of the molecule is O=C(O)C(=O)NCCOc1ccc2c(c1)CCC2. The number of rotatable bonds is 4. The van der Waals surface area contributed by atoms with Crippen molar-refractivity contribution < 1.29 is 19.4 Å². The van der Waals surface area contributed by atoms with E-state index < -0.39 is 11.9 Å². The number of carboxylic acids is 1. The zero-order chi connectivity index (χ0) is 13.0. The minimum Gasteiger partial charge on any atom is -0.492 e. The molecule has 0 radical (unpaired) electrons. The van der Waals surface area contributed by atoms with Gasteiger partial charge in [-0.1, -0.05) is 6.07 Å². The van der Waals surface area contributed by atoms with E-state index in [1.54, 1.807) is 0 Å². The number of hydrogen-bond acceptors (Lipinski definition) is 3. The highest BCUT2D eigenvalue weighted by atomic mass is 16.5. The first kappa shape index (κ1) is 12.4. The molecule has 1 aliphatic rings. The number of nitrogens with one attached hydrogen (secondary N) is 1. The number of fused-ring (bicyclic) bond motifs is 1. The molecule has 1 amide bonds. The maximum atomic E-state index is 10.7. The van der Waals surface area contributed by atoms with Crippen LogP contribution in [0.15, 0.2) is 18.2 Å². The van der Waals surface area contributed by atoms with Crippen molar-refractivity contribution in [3.8, 4) is 5.75 Å². The minimum atomic E-state index is -1.48. The van der Waals surface area contributed by atoms with E-state index in [1.165, 1.54) is 17.5 Å². The van der Waals surface area contributed by atoms with Gasteiger partial charge >= 0.3 is 11.9 Å². The van der Waals surface area contributed by atoms with Crippen molar-refractivity contribution >= 4 is 11.9 Å². The number of hydrogen-bond donors (Lipinski definition) is 2. The van der Waals surface area contributed by atoms with Crippen LogP contribution < -0.4 is 10.1 Å². The lowest BCUT2D eigenvalue weighted by molar-refractivity contribution is -0.150. The lowest BCUT2D eigenvalue weighted by Gasteiger charge is -2.08. The predicted octanol–water partition coefficient (Wildman–Crippen LogP) is 0.755. The van der Waals surface area contributed by atoms with Gasteiger partial charge in [0.1, 0.15) is 12.4 Å². The van der Waals surface area contributed by atoms with Gasteiger partial charge in [-0.25, -0.2) is 4.79 Å². The third kappa shape index (κ3) is 3.00. The van der Waals surface area contributed by atoms with E-state index in [0.717, 1.165) is 18.6 Å². The van der Waals surface area contributed by atoms with Crippen LogP contribution in [0.5, 0.6) is 5.75 Å². The molecule has 0 heterocycles. The Balaban J connectivity index is 1.77. The van der Waals surface area contributed by atoms with E-state index in [-0.39, 0.29) is 13.2 Å². The van der Waals surface area contributed by atoms with Crippen LogP contribution in [-0.2, 0) is 22.4 Å². The van der Waals surface area contributed by atoms with Crippen LogP contribution in [-0.4, -0.2) is 30.1 Å². The standard InChI is InChI=1S/C13H15NO4/c15-12(13(16)17)14-6-7-18-11-5-4-9-2-1-3-10(9)8-11/h4-5,8H,1-3,6-7H2,(H,14,15)(H,16,17). The molecule has 0 bridgehead atoms. The van der Waals surface area contributed by atoms with Crippen LogP contribution in [0.4, 0.5) is 0 Å². The fraction of sp³-hybridized carbons (Fsp3) is 0.385. The van der Waals surface area contributed by atoms with Gasteiger partial charge in [-0.15, -0.1) is 0 Å². The fourth-order valence-corrected chi connectivity index (χ4v) is 2.05. The minimum absolute atomic E-state index is 0.183. The molecule has 1 aliphatic carbocycles. The molecule has 96 valence electrons. The molecule has 0 saturated carbocycles. The lowest BCUT2D eigenvalue weighted by atomic mass is 10.1. The van der Waals surface area contributed by atoms with Crippen molar-refractivity contribution in [1.82, 2.24) is 5.32 Å². The molecule has 1 aromatic carbocycles. The average Bonchev–Trinajstić information content (AvgIpc) is 2.81. The molecule has 5 heteroatoms. The van der Waals surface area contributed by atoms with Gasteiger partial charge < -0.3 is 15.2 Å². The Kier molecular flexibility index (Phi) is 3.82.